The van der Waals surface area contributed by atoms with Crippen LogP contribution >= 0.6 is 0 Å². The van der Waals surface area contributed by atoms with Crippen LogP contribution in [0.15, 0.2) is 53.3 Å². The Morgan fingerprint density at radius 2 is 2.04 bits per heavy atom. The van der Waals surface area contributed by atoms with Gasteiger partial charge in [0.25, 0.3) is 5.91 Å². The van der Waals surface area contributed by atoms with Gasteiger partial charge in [-0.05, 0) is 37.1 Å². The Bertz CT molecular complexity index is 962. The molecule has 2 aromatic heterocycles. The number of hydrogen-bond donors (Lipinski definition) is 1. The van der Waals surface area contributed by atoms with E-state index in [2.05, 4.69) is 15.6 Å². The van der Waals surface area contributed by atoms with Gasteiger partial charge >= 0.3 is 0 Å². The van der Waals surface area contributed by atoms with Gasteiger partial charge in [0, 0.05) is 31.3 Å². The Morgan fingerprint density at radius 3 is 2.75 bits per heavy atom. The second-order valence-electron chi connectivity index (χ2n) is 6.87. The maximum Gasteiger partial charge on any atom is 0.289 e. The minimum absolute atomic E-state index is 0.0764. The average Bonchev–Trinajstić information content (AvgIpc) is 3.40. The third-order valence-electron chi connectivity index (χ3n) is 4.80. The number of piperidine rings is 1. The number of aromatic nitrogens is 3. The van der Waals surface area contributed by atoms with E-state index in [1.807, 2.05) is 35.1 Å². The first-order valence-electron chi connectivity index (χ1n) is 9.23. The second-order valence-corrected chi connectivity index (χ2v) is 6.87. The van der Waals surface area contributed by atoms with Gasteiger partial charge in [0.2, 0.25) is 5.91 Å². The van der Waals surface area contributed by atoms with E-state index in [1.54, 1.807) is 17.0 Å². The number of rotatable bonds is 4. The van der Waals surface area contributed by atoms with Crippen molar-refractivity contribution in [3.63, 3.8) is 0 Å². The summed E-state index contributed by atoms with van der Waals surface area (Å²) in [6.07, 6.45) is 5.25. The maximum atomic E-state index is 12.5. The Balaban J connectivity index is 1.46. The Kier molecular flexibility index (Phi) is 4.92. The average molecular weight is 379 g/mol. The number of likely N-dealkylation sites (tertiary alicyclic amines) is 1. The third kappa shape index (κ3) is 3.80. The molecule has 8 nitrogen and oxygen atoms in total. The number of furan rings is 1. The van der Waals surface area contributed by atoms with Crippen molar-refractivity contribution in [2.24, 2.45) is 0 Å². The number of amides is 2. The van der Waals surface area contributed by atoms with Gasteiger partial charge in [0.05, 0.1) is 18.5 Å². The van der Waals surface area contributed by atoms with Crippen LogP contribution in [0.4, 0.5) is 5.69 Å². The summed E-state index contributed by atoms with van der Waals surface area (Å²) in [7, 11) is 0. The zero-order chi connectivity index (χ0) is 19.5. The predicted octanol–water partition coefficient (Wildman–Crippen LogP) is 2.97. The molecule has 2 amide bonds. The van der Waals surface area contributed by atoms with Crippen molar-refractivity contribution in [3.8, 4) is 11.3 Å². The second kappa shape index (κ2) is 7.67. The molecule has 0 bridgehead atoms. The molecular weight excluding hydrogens is 358 g/mol. The van der Waals surface area contributed by atoms with Crippen LogP contribution in [0.1, 0.15) is 36.4 Å². The predicted molar refractivity (Wildman–Crippen MR) is 103 cm³/mol. The number of nitrogens with zero attached hydrogens (tertiary/aromatic N) is 4. The molecule has 1 saturated heterocycles. The van der Waals surface area contributed by atoms with Crippen molar-refractivity contribution in [2.75, 3.05) is 18.4 Å². The molecule has 1 aliphatic heterocycles. The van der Waals surface area contributed by atoms with Crippen LogP contribution in [-0.4, -0.2) is 44.8 Å². The fraction of sp³-hybridized carbons (Fsp3) is 0.300. The highest BCUT2D eigenvalue weighted by Gasteiger charge is 2.27. The van der Waals surface area contributed by atoms with E-state index >= 15 is 0 Å². The van der Waals surface area contributed by atoms with Gasteiger partial charge in [-0.3, -0.25) is 9.59 Å². The lowest BCUT2D eigenvalue weighted by molar-refractivity contribution is -0.114. The Labute approximate surface area is 162 Å². The SMILES string of the molecule is CC(=O)Nc1ccc(-c2cn([C@@H]3CCCN(C(=O)c4ccco4)C3)nn2)cc1. The topological polar surface area (TPSA) is 93.3 Å². The van der Waals surface area contributed by atoms with Crippen molar-refractivity contribution in [1.82, 2.24) is 19.9 Å². The largest absolute Gasteiger partial charge is 0.459 e. The minimum Gasteiger partial charge on any atom is -0.459 e. The van der Waals surface area contributed by atoms with Gasteiger partial charge in [0.1, 0.15) is 5.69 Å². The Morgan fingerprint density at radius 1 is 1.21 bits per heavy atom. The molecule has 0 unspecified atom stereocenters. The van der Waals surface area contributed by atoms with Crippen LogP contribution in [0.25, 0.3) is 11.3 Å². The molecule has 1 aromatic carbocycles. The number of anilines is 1. The first-order chi connectivity index (χ1) is 13.6. The van der Waals surface area contributed by atoms with E-state index < -0.39 is 0 Å². The molecular formula is C20H21N5O3. The lowest BCUT2D eigenvalue weighted by Gasteiger charge is -2.32. The van der Waals surface area contributed by atoms with Gasteiger partial charge in [-0.1, -0.05) is 17.3 Å². The molecule has 1 aliphatic rings. The monoisotopic (exact) mass is 379 g/mol. The fourth-order valence-corrected chi connectivity index (χ4v) is 3.43. The van der Waals surface area contributed by atoms with Gasteiger partial charge in [-0.15, -0.1) is 5.10 Å². The molecule has 1 fully saturated rings. The molecule has 1 atom stereocenters. The molecule has 144 valence electrons. The number of nitrogens with one attached hydrogen (secondary N) is 1. The van der Waals surface area contributed by atoms with Crippen molar-refractivity contribution in [1.29, 1.82) is 0 Å². The molecule has 8 heteroatoms. The van der Waals surface area contributed by atoms with Gasteiger partial charge in [0.15, 0.2) is 5.76 Å². The first-order valence-corrected chi connectivity index (χ1v) is 9.23. The van der Waals surface area contributed by atoms with Gasteiger partial charge in [-0.25, -0.2) is 4.68 Å². The Hall–Kier alpha value is -3.42. The van der Waals surface area contributed by atoms with Crippen molar-refractivity contribution in [3.05, 3.63) is 54.6 Å². The van der Waals surface area contributed by atoms with Crippen LogP contribution in [0.5, 0.6) is 0 Å². The molecule has 0 radical (unpaired) electrons. The van der Waals surface area contributed by atoms with Crippen molar-refractivity contribution >= 4 is 17.5 Å². The molecule has 0 aliphatic carbocycles. The molecule has 0 saturated carbocycles. The fourth-order valence-electron chi connectivity index (χ4n) is 3.43. The highest BCUT2D eigenvalue weighted by Crippen LogP contribution is 2.25. The number of carbonyl (C=O) groups excluding carboxylic acids is 2. The molecule has 28 heavy (non-hydrogen) atoms. The smallest absolute Gasteiger partial charge is 0.289 e. The van der Waals surface area contributed by atoms with E-state index in [0.29, 0.717) is 18.8 Å². The third-order valence-corrected chi connectivity index (χ3v) is 4.80. The van der Waals surface area contributed by atoms with Crippen LogP contribution < -0.4 is 5.32 Å². The molecule has 3 aromatic rings. The van der Waals surface area contributed by atoms with Crippen LogP contribution in [0.3, 0.4) is 0 Å². The summed E-state index contributed by atoms with van der Waals surface area (Å²) < 4.78 is 7.06. The highest BCUT2D eigenvalue weighted by atomic mass is 16.3. The van der Waals surface area contributed by atoms with E-state index in [4.69, 9.17) is 4.42 Å². The lowest BCUT2D eigenvalue weighted by atomic mass is 10.1. The molecule has 0 spiro atoms. The summed E-state index contributed by atoms with van der Waals surface area (Å²) in [6.45, 7) is 2.76. The summed E-state index contributed by atoms with van der Waals surface area (Å²) in [5.74, 6) is 0.160. The number of hydrogen-bond acceptors (Lipinski definition) is 5. The summed E-state index contributed by atoms with van der Waals surface area (Å²) in [4.78, 5) is 25.5. The van der Waals surface area contributed by atoms with E-state index in [-0.39, 0.29) is 17.9 Å². The summed E-state index contributed by atoms with van der Waals surface area (Å²) in [5, 5.41) is 11.3. The van der Waals surface area contributed by atoms with Gasteiger partial charge < -0.3 is 14.6 Å². The normalized spacial score (nSPS) is 16.8. The standard InChI is InChI=1S/C20H21N5O3/c1-14(26)21-16-8-6-15(7-9-16)18-13-25(23-22-18)17-4-2-10-24(12-17)20(27)19-5-3-11-28-19/h3,5-9,11,13,17H,2,4,10,12H2,1H3,(H,21,26)/t17-/m1/s1. The van der Waals surface area contributed by atoms with Crippen molar-refractivity contribution in [2.45, 2.75) is 25.8 Å². The highest BCUT2D eigenvalue weighted by molar-refractivity contribution is 5.91. The van der Waals surface area contributed by atoms with Crippen LogP contribution in [0.2, 0.25) is 0 Å². The summed E-state index contributed by atoms with van der Waals surface area (Å²) in [6, 6.07) is 10.9. The van der Waals surface area contributed by atoms with Gasteiger partial charge in [-0.2, -0.15) is 0 Å². The van der Waals surface area contributed by atoms with Crippen molar-refractivity contribution < 1.29 is 14.0 Å². The number of carbonyl (C=O) groups is 2. The maximum absolute atomic E-state index is 12.5. The minimum atomic E-state index is -0.107. The quantitative estimate of drug-likeness (QED) is 0.752. The summed E-state index contributed by atoms with van der Waals surface area (Å²) >= 11 is 0. The molecule has 3 heterocycles. The molecule has 4 rings (SSSR count). The van der Waals surface area contributed by atoms with E-state index in [9.17, 15) is 9.59 Å². The van der Waals surface area contributed by atoms with Crippen LogP contribution in [-0.2, 0) is 4.79 Å². The zero-order valence-electron chi connectivity index (χ0n) is 15.5. The molecule has 1 N–H and O–H groups in total. The zero-order valence-corrected chi connectivity index (χ0v) is 15.5. The van der Waals surface area contributed by atoms with E-state index in [1.165, 1.54) is 13.2 Å². The lowest BCUT2D eigenvalue weighted by Crippen LogP contribution is -2.40. The van der Waals surface area contributed by atoms with E-state index in [0.717, 1.165) is 29.8 Å². The first kappa shape index (κ1) is 18.0. The van der Waals surface area contributed by atoms with Crippen LogP contribution in [0, 0.1) is 0 Å². The number of benzene rings is 1. The summed E-state index contributed by atoms with van der Waals surface area (Å²) in [5.41, 5.74) is 2.41.